The van der Waals surface area contributed by atoms with Gasteiger partial charge in [0.2, 0.25) is 0 Å². The number of carbonyl (C=O) groups excluding carboxylic acids is 1. The highest BCUT2D eigenvalue weighted by Gasteiger charge is 2.00. The Labute approximate surface area is 55.1 Å². The highest BCUT2D eigenvalue weighted by Crippen LogP contribution is 1.87. The van der Waals surface area contributed by atoms with Crippen molar-refractivity contribution < 1.29 is 4.79 Å². The van der Waals surface area contributed by atoms with E-state index < -0.39 is 6.03 Å². The van der Waals surface area contributed by atoms with Gasteiger partial charge in [-0.2, -0.15) is 5.21 Å². The maximum atomic E-state index is 10.4. The van der Waals surface area contributed by atoms with Crippen LogP contribution in [-0.2, 0) is 0 Å². The van der Waals surface area contributed by atoms with E-state index in [1.165, 1.54) is 0 Å². The maximum absolute atomic E-state index is 10.4. The third-order valence-corrected chi connectivity index (χ3v) is 0.702. The van der Waals surface area contributed by atoms with Gasteiger partial charge in [-0.1, -0.05) is 5.10 Å². The van der Waals surface area contributed by atoms with E-state index in [1.54, 1.807) is 0 Å². The molecule has 8 nitrogen and oxygen atoms in total. The Kier molecular flexibility index (Phi) is 1.75. The van der Waals surface area contributed by atoms with Crippen LogP contribution in [-0.4, -0.2) is 26.7 Å². The van der Waals surface area contributed by atoms with Gasteiger partial charge in [0.1, 0.15) is 0 Å². The lowest BCUT2D eigenvalue weighted by Crippen LogP contribution is -2.34. The molecule has 5 N–H and O–H groups in total. The van der Waals surface area contributed by atoms with E-state index in [4.69, 9.17) is 5.84 Å². The van der Waals surface area contributed by atoms with E-state index in [0.29, 0.717) is 0 Å². The lowest BCUT2D eigenvalue weighted by atomic mass is 10.9. The van der Waals surface area contributed by atoms with Crippen LogP contribution >= 0.6 is 0 Å². The second-order valence-electron chi connectivity index (χ2n) is 1.33. The van der Waals surface area contributed by atoms with Crippen molar-refractivity contribution in [1.29, 1.82) is 0 Å². The minimum Gasteiger partial charge on any atom is -0.276 e. The van der Waals surface area contributed by atoms with Crippen LogP contribution in [0, 0.1) is 0 Å². The first-order valence-electron chi connectivity index (χ1n) is 2.34. The van der Waals surface area contributed by atoms with Gasteiger partial charge in [-0.05, 0) is 5.21 Å². The van der Waals surface area contributed by atoms with E-state index in [0.717, 1.165) is 0 Å². The first-order chi connectivity index (χ1) is 4.83. The monoisotopic (exact) mass is 143 g/mol. The summed E-state index contributed by atoms with van der Waals surface area (Å²) < 4.78 is 0. The SMILES string of the molecule is NNC(=O)Nc1nn[nH]n1. The second kappa shape index (κ2) is 2.73. The lowest BCUT2D eigenvalue weighted by Gasteiger charge is -1.94. The molecule has 0 aromatic carbocycles. The summed E-state index contributed by atoms with van der Waals surface area (Å²) in [6, 6.07) is -0.596. The van der Waals surface area contributed by atoms with Crippen molar-refractivity contribution in [3.63, 3.8) is 0 Å². The normalized spacial score (nSPS) is 8.90. The van der Waals surface area contributed by atoms with Gasteiger partial charge in [-0.3, -0.25) is 10.7 Å². The Morgan fingerprint density at radius 2 is 2.50 bits per heavy atom. The molecule has 8 heteroatoms. The largest absolute Gasteiger partial charge is 0.335 e. The van der Waals surface area contributed by atoms with Gasteiger partial charge in [0.05, 0.1) is 0 Å². The van der Waals surface area contributed by atoms with Crippen molar-refractivity contribution in [2.24, 2.45) is 5.84 Å². The topological polar surface area (TPSA) is 122 Å². The summed E-state index contributed by atoms with van der Waals surface area (Å²) in [7, 11) is 0. The number of aromatic nitrogens is 4. The van der Waals surface area contributed by atoms with Gasteiger partial charge in [-0.15, -0.1) is 5.10 Å². The molecule has 0 aliphatic heterocycles. The number of amides is 2. The number of rotatable bonds is 1. The molecule has 0 unspecified atom stereocenters. The molecule has 0 bridgehead atoms. The average molecular weight is 143 g/mol. The van der Waals surface area contributed by atoms with Crippen LogP contribution < -0.4 is 16.6 Å². The number of hydrogen-bond acceptors (Lipinski definition) is 5. The number of aromatic amines is 1. The Balaban J connectivity index is 2.48. The zero-order chi connectivity index (χ0) is 7.40. The van der Waals surface area contributed by atoms with Crippen LogP contribution in [0.3, 0.4) is 0 Å². The second-order valence-corrected chi connectivity index (χ2v) is 1.33. The van der Waals surface area contributed by atoms with Crippen molar-refractivity contribution >= 4 is 12.0 Å². The molecule has 0 fully saturated rings. The Hall–Kier alpha value is -1.70. The summed E-state index contributed by atoms with van der Waals surface area (Å²) in [5, 5.41) is 14.4. The highest BCUT2D eigenvalue weighted by molar-refractivity contribution is 5.86. The van der Waals surface area contributed by atoms with E-state index >= 15 is 0 Å². The Bertz CT molecular complexity index is 203. The van der Waals surface area contributed by atoms with Crippen LogP contribution in [0.4, 0.5) is 10.7 Å². The standard InChI is InChI=1S/C2H5N7O/c3-5-2(10)4-1-6-8-9-7-1/h3H2,(H3,4,5,6,7,8,9,10). The van der Waals surface area contributed by atoms with Crippen molar-refractivity contribution in [2.75, 3.05) is 5.32 Å². The van der Waals surface area contributed by atoms with Gasteiger partial charge in [-0.25, -0.2) is 10.6 Å². The fourth-order valence-corrected chi connectivity index (χ4v) is 0.352. The van der Waals surface area contributed by atoms with Crippen LogP contribution in [0.2, 0.25) is 0 Å². The van der Waals surface area contributed by atoms with Crippen LogP contribution in [0.15, 0.2) is 0 Å². The van der Waals surface area contributed by atoms with E-state index in [-0.39, 0.29) is 5.95 Å². The molecular formula is C2H5N7O. The third kappa shape index (κ3) is 1.39. The lowest BCUT2D eigenvalue weighted by molar-refractivity contribution is 0.252. The predicted octanol–water partition coefficient (Wildman–Crippen LogP) is -1.81. The molecule has 1 heterocycles. The molecule has 2 amide bonds. The number of carbonyl (C=O) groups is 1. The molecule has 0 aliphatic rings. The Morgan fingerprint density at radius 1 is 1.70 bits per heavy atom. The summed E-state index contributed by atoms with van der Waals surface area (Å²) in [6.45, 7) is 0. The van der Waals surface area contributed by atoms with Gasteiger partial charge in [0, 0.05) is 0 Å². The first kappa shape index (κ1) is 6.42. The molecule has 0 spiro atoms. The molecule has 0 radical (unpaired) electrons. The Morgan fingerprint density at radius 3 is 3.00 bits per heavy atom. The number of nitrogens with one attached hydrogen (secondary N) is 3. The fourth-order valence-electron chi connectivity index (χ4n) is 0.352. The number of urea groups is 1. The summed E-state index contributed by atoms with van der Waals surface area (Å²) >= 11 is 0. The number of anilines is 1. The van der Waals surface area contributed by atoms with Crippen LogP contribution in [0.1, 0.15) is 0 Å². The molecule has 1 aromatic heterocycles. The fraction of sp³-hybridized carbons (Fsp3) is 0. The minimum atomic E-state index is -0.596. The maximum Gasteiger partial charge on any atom is 0.335 e. The summed E-state index contributed by atoms with van der Waals surface area (Å²) in [4.78, 5) is 10.4. The van der Waals surface area contributed by atoms with Crippen LogP contribution in [0.5, 0.6) is 0 Å². The molecule has 0 aliphatic carbocycles. The molecule has 1 rings (SSSR count). The molecule has 54 valence electrons. The van der Waals surface area contributed by atoms with Crippen LogP contribution in [0.25, 0.3) is 0 Å². The number of hydrogen-bond donors (Lipinski definition) is 4. The first-order valence-corrected chi connectivity index (χ1v) is 2.34. The van der Waals surface area contributed by atoms with Gasteiger partial charge >= 0.3 is 6.03 Å². The summed E-state index contributed by atoms with van der Waals surface area (Å²) in [5.74, 6) is 4.81. The molecular weight excluding hydrogens is 138 g/mol. The molecule has 10 heavy (non-hydrogen) atoms. The smallest absolute Gasteiger partial charge is 0.276 e. The number of hydrazine groups is 1. The van der Waals surface area contributed by atoms with Gasteiger partial charge in [0.15, 0.2) is 0 Å². The average Bonchev–Trinajstić information content (AvgIpc) is 2.40. The van der Waals surface area contributed by atoms with E-state index in [9.17, 15) is 4.79 Å². The molecule has 1 aromatic rings. The van der Waals surface area contributed by atoms with Crippen molar-refractivity contribution in [3.05, 3.63) is 0 Å². The number of nitrogens with zero attached hydrogens (tertiary/aromatic N) is 3. The van der Waals surface area contributed by atoms with Crippen molar-refractivity contribution in [2.45, 2.75) is 0 Å². The van der Waals surface area contributed by atoms with E-state index in [2.05, 4.69) is 25.9 Å². The van der Waals surface area contributed by atoms with E-state index in [1.807, 2.05) is 5.43 Å². The zero-order valence-electron chi connectivity index (χ0n) is 4.83. The minimum absolute atomic E-state index is 0.0722. The summed E-state index contributed by atoms with van der Waals surface area (Å²) in [5.41, 5.74) is 1.83. The zero-order valence-corrected chi connectivity index (χ0v) is 4.83. The number of H-pyrrole nitrogens is 1. The molecule has 0 saturated carbocycles. The van der Waals surface area contributed by atoms with Gasteiger partial charge < -0.3 is 0 Å². The number of nitrogens with two attached hydrogens (primary N) is 1. The number of tetrazole rings is 1. The predicted molar refractivity (Wildman–Crippen MR) is 30.5 cm³/mol. The summed E-state index contributed by atoms with van der Waals surface area (Å²) in [6.07, 6.45) is 0. The highest BCUT2D eigenvalue weighted by atomic mass is 16.2. The third-order valence-electron chi connectivity index (χ3n) is 0.702. The van der Waals surface area contributed by atoms with Gasteiger partial charge in [0.25, 0.3) is 5.95 Å². The molecule has 0 atom stereocenters. The van der Waals surface area contributed by atoms with Crippen molar-refractivity contribution in [1.82, 2.24) is 26.0 Å². The quantitative estimate of drug-likeness (QED) is 0.210. The molecule has 0 saturated heterocycles. The van der Waals surface area contributed by atoms with Crippen molar-refractivity contribution in [3.8, 4) is 0 Å².